The molecule has 0 aromatic heterocycles. The van der Waals surface area contributed by atoms with Gasteiger partial charge in [0.25, 0.3) is 0 Å². The van der Waals surface area contributed by atoms with Gasteiger partial charge in [-0.05, 0) is 30.9 Å². The molecule has 1 saturated heterocycles. The molecule has 2 rings (SSSR count). The van der Waals surface area contributed by atoms with Crippen LogP contribution in [-0.4, -0.2) is 44.2 Å². The summed E-state index contributed by atoms with van der Waals surface area (Å²) in [6, 6.07) is 9.83. The monoisotopic (exact) mass is 262 g/mol. The van der Waals surface area contributed by atoms with E-state index in [2.05, 4.69) is 5.32 Å². The van der Waals surface area contributed by atoms with Crippen molar-refractivity contribution in [2.24, 2.45) is 5.92 Å². The Morgan fingerprint density at radius 1 is 1.42 bits per heavy atom. The predicted molar refractivity (Wildman–Crippen MR) is 76.1 cm³/mol. The van der Waals surface area contributed by atoms with Gasteiger partial charge in [0.2, 0.25) is 5.91 Å². The van der Waals surface area contributed by atoms with Crippen molar-refractivity contribution in [1.29, 1.82) is 0 Å². The minimum Gasteiger partial charge on any atom is -0.384 e. The number of hydrogen-bond acceptors (Lipinski definition) is 3. The number of para-hydroxylation sites is 1. The summed E-state index contributed by atoms with van der Waals surface area (Å²) in [5, 5.41) is 3.17. The molecule has 1 aliphatic rings. The fourth-order valence-corrected chi connectivity index (χ4v) is 2.51. The third-order valence-electron chi connectivity index (χ3n) is 3.49. The van der Waals surface area contributed by atoms with E-state index in [1.165, 1.54) is 0 Å². The van der Waals surface area contributed by atoms with Gasteiger partial charge < -0.3 is 15.0 Å². The Balaban J connectivity index is 1.79. The number of nitrogens with zero attached hydrogens (tertiary/aromatic N) is 1. The van der Waals surface area contributed by atoms with E-state index < -0.39 is 0 Å². The van der Waals surface area contributed by atoms with Crippen molar-refractivity contribution < 1.29 is 9.53 Å². The molecular weight excluding hydrogens is 240 g/mol. The molecule has 0 bridgehead atoms. The van der Waals surface area contributed by atoms with Crippen LogP contribution in [0.2, 0.25) is 0 Å². The molecule has 4 nitrogen and oxygen atoms in total. The SMILES string of the molecule is COCC1CCCN(C(=O)CNc2ccccc2)C1. The highest BCUT2D eigenvalue weighted by Gasteiger charge is 2.23. The summed E-state index contributed by atoms with van der Waals surface area (Å²) in [5.41, 5.74) is 0.987. The molecule has 19 heavy (non-hydrogen) atoms. The van der Waals surface area contributed by atoms with Crippen molar-refractivity contribution in [2.75, 3.05) is 38.7 Å². The van der Waals surface area contributed by atoms with Crippen LogP contribution in [0.4, 0.5) is 5.69 Å². The number of carbonyl (C=O) groups is 1. The molecule has 1 heterocycles. The second-order valence-electron chi connectivity index (χ2n) is 5.02. The quantitative estimate of drug-likeness (QED) is 0.882. The van der Waals surface area contributed by atoms with E-state index in [-0.39, 0.29) is 5.91 Å². The average Bonchev–Trinajstić information content (AvgIpc) is 2.46. The Morgan fingerprint density at radius 2 is 2.21 bits per heavy atom. The second kappa shape index (κ2) is 7.14. The summed E-state index contributed by atoms with van der Waals surface area (Å²) >= 11 is 0. The van der Waals surface area contributed by atoms with Gasteiger partial charge in [0.05, 0.1) is 13.2 Å². The fraction of sp³-hybridized carbons (Fsp3) is 0.533. The maximum Gasteiger partial charge on any atom is 0.241 e. The molecule has 4 heteroatoms. The highest BCUT2D eigenvalue weighted by atomic mass is 16.5. The maximum absolute atomic E-state index is 12.1. The molecule has 1 unspecified atom stereocenters. The van der Waals surface area contributed by atoms with Gasteiger partial charge >= 0.3 is 0 Å². The zero-order chi connectivity index (χ0) is 13.5. The van der Waals surface area contributed by atoms with Crippen LogP contribution in [0.15, 0.2) is 30.3 Å². The van der Waals surface area contributed by atoms with E-state index >= 15 is 0 Å². The topological polar surface area (TPSA) is 41.6 Å². The predicted octanol–water partition coefficient (Wildman–Crippen LogP) is 1.98. The highest BCUT2D eigenvalue weighted by molar-refractivity contribution is 5.80. The normalized spacial score (nSPS) is 19.2. The van der Waals surface area contributed by atoms with E-state index in [1.807, 2.05) is 35.2 Å². The molecule has 104 valence electrons. The molecule has 0 spiro atoms. The Labute approximate surface area is 114 Å². The lowest BCUT2D eigenvalue weighted by molar-refractivity contribution is -0.131. The maximum atomic E-state index is 12.1. The minimum atomic E-state index is 0.171. The summed E-state index contributed by atoms with van der Waals surface area (Å²) in [7, 11) is 1.72. The summed E-state index contributed by atoms with van der Waals surface area (Å²) in [5.74, 6) is 0.657. The van der Waals surface area contributed by atoms with Gasteiger partial charge in [0.1, 0.15) is 0 Å². The van der Waals surface area contributed by atoms with Crippen LogP contribution in [-0.2, 0) is 9.53 Å². The molecule has 1 aliphatic heterocycles. The van der Waals surface area contributed by atoms with Gasteiger partial charge in [0.15, 0.2) is 0 Å². The standard InChI is InChI=1S/C15H22N2O2/c1-19-12-13-6-5-9-17(11-13)15(18)10-16-14-7-3-2-4-8-14/h2-4,7-8,13,16H,5-6,9-12H2,1H3. The van der Waals surface area contributed by atoms with Crippen molar-refractivity contribution >= 4 is 11.6 Å². The fourth-order valence-electron chi connectivity index (χ4n) is 2.51. The first-order valence-electron chi connectivity index (χ1n) is 6.85. The summed E-state index contributed by atoms with van der Waals surface area (Å²) in [4.78, 5) is 14.1. The van der Waals surface area contributed by atoms with Crippen LogP contribution < -0.4 is 5.32 Å². The molecule has 1 aromatic carbocycles. The summed E-state index contributed by atoms with van der Waals surface area (Å²) < 4.78 is 5.19. The van der Waals surface area contributed by atoms with Crippen LogP contribution in [0.25, 0.3) is 0 Å². The van der Waals surface area contributed by atoms with Gasteiger partial charge in [-0.25, -0.2) is 0 Å². The molecule has 1 N–H and O–H groups in total. The number of piperidine rings is 1. The Morgan fingerprint density at radius 3 is 2.95 bits per heavy atom. The van der Waals surface area contributed by atoms with Crippen molar-refractivity contribution in [3.05, 3.63) is 30.3 Å². The van der Waals surface area contributed by atoms with E-state index in [1.54, 1.807) is 7.11 Å². The van der Waals surface area contributed by atoms with Gasteiger partial charge in [-0.15, -0.1) is 0 Å². The summed E-state index contributed by atoms with van der Waals surface area (Å²) in [6.07, 6.45) is 2.23. The first-order chi connectivity index (χ1) is 9.29. The third kappa shape index (κ3) is 4.24. The lowest BCUT2D eigenvalue weighted by Gasteiger charge is -2.32. The number of anilines is 1. The number of benzene rings is 1. The number of ether oxygens (including phenoxy) is 1. The number of nitrogens with one attached hydrogen (secondary N) is 1. The molecule has 1 amide bonds. The molecule has 0 saturated carbocycles. The first-order valence-corrected chi connectivity index (χ1v) is 6.85. The van der Waals surface area contributed by atoms with Crippen molar-refractivity contribution in [1.82, 2.24) is 4.90 Å². The van der Waals surface area contributed by atoms with Gasteiger partial charge in [-0.3, -0.25) is 4.79 Å². The van der Waals surface area contributed by atoms with Crippen LogP contribution in [0.3, 0.4) is 0 Å². The van der Waals surface area contributed by atoms with Gasteiger partial charge in [-0.2, -0.15) is 0 Å². The van der Waals surface area contributed by atoms with Crippen LogP contribution in [0.1, 0.15) is 12.8 Å². The zero-order valence-corrected chi connectivity index (χ0v) is 11.5. The Bertz CT molecular complexity index is 392. The number of hydrogen-bond donors (Lipinski definition) is 1. The number of amides is 1. The smallest absolute Gasteiger partial charge is 0.241 e. The number of rotatable bonds is 5. The largest absolute Gasteiger partial charge is 0.384 e. The molecule has 1 fully saturated rings. The minimum absolute atomic E-state index is 0.171. The summed E-state index contributed by atoms with van der Waals surface area (Å²) in [6.45, 7) is 2.80. The second-order valence-corrected chi connectivity index (χ2v) is 5.02. The number of likely N-dealkylation sites (tertiary alicyclic amines) is 1. The van der Waals surface area contributed by atoms with E-state index in [0.717, 1.165) is 38.2 Å². The van der Waals surface area contributed by atoms with Crippen molar-refractivity contribution in [2.45, 2.75) is 12.8 Å². The molecule has 0 aliphatic carbocycles. The van der Waals surface area contributed by atoms with Crippen molar-refractivity contribution in [3.63, 3.8) is 0 Å². The highest BCUT2D eigenvalue weighted by Crippen LogP contribution is 2.16. The van der Waals surface area contributed by atoms with Crippen molar-refractivity contribution in [3.8, 4) is 0 Å². The van der Waals surface area contributed by atoms with E-state index in [4.69, 9.17) is 4.74 Å². The zero-order valence-electron chi connectivity index (χ0n) is 11.5. The molecule has 0 radical (unpaired) electrons. The van der Waals surface area contributed by atoms with Crippen LogP contribution in [0.5, 0.6) is 0 Å². The van der Waals surface area contributed by atoms with Crippen LogP contribution in [0, 0.1) is 5.92 Å². The number of methoxy groups -OCH3 is 1. The number of carbonyl (C=O) groups excluding carboxylic acids is 1. The molecular formula is C15H22N2O2. The average molecular weight is 262 g/mol. The lowest BCUT2D eigenvalue weighted by Crippen LogP contribution is -2.43. The first kappa shape index (κ1) is 13.9. The Hall–Kier alpha value is -1.55. The van der Waals surface area contributed by atoms with Gasteiger partial charge in [0, 0.05) is 25.9 Å². The van der Waals surface area contributed by atoms with Crippen LogP contribution >= 0.6 is 0 Å². The van der Waals surface area contributed by atoms with Gasteiger partial charge in [-0.1, -0.05) is 18.2 Å². The van der Waals surface area contributed by atoms with E-state index in [9.17, 15) is 4.79 Å². The molecule has 1 aromatic rings. The van der Waals surface area contributed by atoms with E-state index in [0.29, 0.717) is 12.5 Å². The third-order valence-corrected chi connectivity index (χ3v) is 3.49. The molecule has 1 atom stereocenters. The Kier molecular flexibility index (Phi) is 5.21. The lowest BCUT2D eigenvalue weighted by atomic mass is 9.99.